The van der Waals surface area contributed by atoms with Gasteiger partial charge in [-0.05, 0) is 12.1 Å². The number of rotatable bonds is 1. The van der Waals surface area contributed by atoms with Gasteiger partial charge in [0.05, 0.1) is 10.0 Å². The van der Waals surface area contributed by atoms with Gasteiger partial charge < -0.3 is 9.84 Å². The first-order valence-electron chi connectivity index (χ1n) is 4.79. The Bertz CT molecular complexity index is 608. The summed E-state index contributed by atoms with van der Waals surface area (Å²) in [6.07, 6.45) is 0. The highest BCUT2D eigenvalue weighted by atomic mass is 35.5. The van der Waals surface area contributed by atoms with Crippen LogP contribution in [0, 0.1) is 0 Å². The van der Waals surface area contributed by atoms with Gasteiger partial charge in [-0.2, -0.15) is 0 Å². The van der Waals surface area contributed by atoms with E-state index < -0.39 is 5.97 Å². The third kappa shape index (κ3) is 2.16. The summed E-state index contributed by atoms with van der Waals surface area (Å²) in [6.45, 7) is 1.29. The molecular formula is C12H8Cl2O3. The van der Waals surface area contributed by atoms with Crippen LogP contribution in [0.25, 0.3) is 10.8 Å². The predicted octanol–water partition coefficient (Wildman–Crippen LogP) is 3.78. The Morgan fingerprint density at radius 2 is 2.00 bits per heavy atom. The number of ether oxygens (including phenoxy) is 1. The number of halogens is 2. The van der Waals surface area contributed by atoms with Gasteiger partial charge in [0, 0.05) is 17.7 Å². The van der Waals surface area contributed by atoms with Crippen LogP contribution in [-0.4, -0.2) is 11.1 Å². The molecule has 0 spiro atoms. The van der Waals surface area contributed by atoms with Crippen molar-refractivity contribution in [3.8, 4) is 11.5 Å². The number of carbonyl (C=O) groups is 1. The molecule has 1 N–H and O–H groups in total. The molecular weight excluding hydrogens is 263 g/mol. The van der Waals surface area contributed by atoms with Gasteiger partial charge in [0.1, 0.15) is 11.5 Å². The van der Waals surface area contributed by atoms with E-state index >= 15 is 0 Å². The summed E-state index contributed by atoms with van der Waals surface area (Å²) in [5.74, 6) is -0.241. The average Bonchev–Trinajstić information content (AvgIpc) is 2.25. The number of phenols is 1. The maximum atomic E-state index is 11.0. The Hall–Kier alpha value is -1.45. The van der Waals surface area contributed by atoms with Crippen molar-refractivity contribution in [3.05, 3.63) is 34.3 Å². The highest BCUT2D eigenvalue weighted by Gasteiger charge is 2.14. The van der Waals surface area contributed by atoms with E-state index in [1.165, 1.54) is 13.0 Å². The van der Waals surface area contributed by atoms with Crippen molar-refractivity contribution in [2.24, 2.45) is 0 Å². The van der Waals surface area contributed by atoms with Gasteiger partial charge in [0.25, 0.3) is 0 Å². The second-order valence-corrected chi connectivity index (χ2v) is 4.28. The van der Waals surface area contributed by atoms with Crippen LogP contribution in [0.2, 0.25) is 10.0 Å². The lowest BCUT2D eigenvalue weighted by atomic mass is 10.1. The second kappa shape index (κ2) is 4.43. The molecule has 0 amide bonds. The molecule has 88 valence electrons. The number of hydrogen-bond acceptors (Lipinski definition) is 3. The molecule has 0 heterocycles. The molecule has 0 aliphatic rings. The molecule has 2 rings (SSSR count). The molecule has 0 aliphatic carbocycles. The molecule has 2 aromatic rings. The topological polar surface area (TPSA) is 46.5 Å². The molecule has 17 heavy (non-hydrogen) atoms. The Kier molecular flexibility index (Phi) is 3.13. The first-order valence-corrected chi connectivity index (χ1v) is 5.54. The highest BCUT2D eigenvalue weighted by Crippen LogP contribution is 2.41. The van der Waals surface area contributed by atoms with Gasteiger partial charge in [-0.1, -0.05) is 35.3 Å². The van der Waals surface area contributed by atoms with Gasteiger partial charge in [-0.25, -0.2) is 0 Å². The molecule has 0 atom stereocenters. The number of phenolic OH excluding ortho intramolecular Hbond substituents is 1. The number of fused-ring (bicyclic) bond motifs is 1. The minimum absolute atomic E-state index is 0.0833. The Morgan fingerprint density at radius 3 is 2.65 bits per heavy atom. The molecule has 0 bridgehead atoms. The Labute approximate surface area is 108 Å². The molecule has 0 fully saturated rings. The average molecular weight is 271 g/mol. The SMILES string of the molecule is CC(=O)Oc1cccc2c(O)c(Cl)cc(Cl)c12. The lowest BCUT2D eigenvalue weighted by Crippen LogP contribution is -2.01. The normalized spacial score (nSPS) is 10.5. The molecule has 0 aromatic heterocycles. The monoisotopic (exact) mass is 270 g/mol. The highest BCUT2D eigenvalue weighted by molar-refractivity contribution is 6.40. The zero-order valence-corrected chi connectivity index (χ0v) is 10.3. The van der Waals surface area contributed by atoms with Crippen LogP contribution in [0.15, 0.2) is 24.3 Å². The fourth-order valence-corrected chi connectivity index (χ4v) is 2.17. The standard InChI is InChI=1S/C12H8Cl2O3/c1-6(15)17-10-4-2-3-7-11(10)8(13)5-9(14)12(7)16/h2-5,16H,1H3. The summed E-state index contributed by atoms with van der Waals surface area (Å²) in [4.78, 5) is 11.0. The van der Waals surface area contributed by atoms with Crippen LogP contribution in [0.1, 0.15) is 6.92 Å². The van der Waals surface area contributed by atoms with E-state index in [9.17, 15) is 9.90 Å². The molecule has 5 heteroatoms. The summed E-state index contributed by atoms with van der Waals surface area (Å²) in [5, 5.41) is 11.2. The lowest BCUT2D eigenvalue weighted by Gasteiger charge is -2.09. The lowest BCUT2D eigenvalue weighted by molar-refractivity contribution is -0.131. The van der Waals surface area contributed by atoms with E-state index in [2.05, 4.69) is 0 Å². The zero-order chi connectivity index (χ0) is 12.6. The summed E-state index contributed by atoms with van der Waals surface area (Å²) in [6, 6.07) is 6.30. The number of aromatic hydroxyl groups is 1. The van der Waals surface area contributed by atoms with E-state index in [0.29, 0.717) is 21.5 Å². The predicted molar refractivity (Wildman–Crippen MR) is 66.9 cm³/mol. The van der Waals surface area contributed by atoms with E-state index in [1.54, 1.807) is 18.2 Å². The molecule has 3 nitrogen and oxygen atoms in total. The molecule has 2 aromatic carbocycles. The van der Waals surface area contributed by atoms with E-state index in [-0.39, 0.29) is 10.8 Å². The van der Waals surface area contributed by atoms with Gasteiger partial charge in [-0.3, -0.25) is 4.79 Å². The van der Waals surface area contributed by atoms with Crippen molar-refractivity contribution >= 4 is 39.9 Å². The van der Waals surface area contributed by atoms with Crippen molar-refractivity contribution in [1.29, 1.82) is 0 Å². The number of benzene rings is 2. The first kappa shape index (κ1) is 12.0. The maximum Gasteiger partial charge on any atom is 0.308 e. The fraction of sp³-hybridized carbons (Fsp3) is 0.0833. The number of hydrogen-bond donors (Lipinski definition) is 1. The van der Waals surface area contributed by atoms with Crippen LogP contribution in [0.3, 0.4) is 0 Å². The molecule has 0 saturated heterocycles. The Balaban J connectivity index is 2.80. The Morgan fingerprint density at radius 1 is 1.29 bits per heavy atom. The number of carbonyl (C=O) groups excluding carboxylic acids is 1. The van der Waals surface area contributed by atoms with E-state index in [0.717, 1.165) is 0 Å². The van der Waals surface area contributed by atoms with E-state index in [4.69, 9.17) is 27.9 Å². The van der Waals surface area contributed by atoms with Crippen LogP contribution >= 0.6 is 23.2 Å². The third-order valence-corrected chi connectivity index (χ3v) is 2.84. The van der Waals surface area contributed by atoms with Crippen molar-refractivity contribution in [1.82, 2.24) is 0 Å². The largest absolute Gasteiger partial charge is 0.506 e. The van der Waals surface area contributed by atoms with Crippen LogP contribution < -0.4 is 4.74 Å². The van der Waals surface area contributed by atoms with Gasteiger partial charge in [-0.15, -0.1) is 0 Å². The summed E-state index contributed by atoms with van der Waals surface area (Å²) in [5.41, 5.74) is 0. The van der Waals surface area contributed by atoms with Crippen LogP contribution in [0.5, 0.6) is 11.5 Å². The third-order valence-electron chi connectivity index (χ3n) is 2.25. The second-order valence-electron chi connectivity index (χ2n) is 3.46. The summed E-state index contributed by atoms with van der Waals surface area (Å²) >= 11 is 11.8. The van der Waals surface area contributed by atoms with Crippen molar-refractivity contribution in [3.63, 3.8) is 0 Å². The van der Waals surface area contributed by atoms with E-state index in [1.807, 2.05) is 0 Å². The molecule has 0 unspecified atom stereocenters. The van der Waals surface area contributed by atoms with Crippen LogP contribution in [-0.2, 0) is 4.79 Å². The zero-order valence-electron chi connectivity index (χ0n) is 8.83. The minimum atomic E-state index is -0.456. The van der Waals surface area contributed by atoms with Gasteiger partial charge in [0.2, 0.25) is 0 Å². The molecule has 0 radical (unpaired) electrons. The fourth-order valence-electron chi connectivity index (χ4n) is 1.60. The van der Waals surface area contributed by atoms with Gasteiger partial charge in [0.15, 0.2) is 0 Å². The summed E-state index contributed by atoms with van der Waals surface area (Å²) in [7, 11) is 0. The minimum Gasteiger partial charge on any atom is -0.506 e. The maximum absolute atomic E-state index is 11.0. The number of esters is 1. The van der Waals surface area contributed by atoms with Crippen molar-refractivity contribution in [2.75, 3.05) is 0 Å². The van der Waals surface area contributed by atoms with Gasteiger partial charge >= 0.3 is 5.97 Å². The van der Waals surface area contributed by atoms with Crippen molar-refractivity contribution < 1.29 is 14.6 Å². The smallest absolute Gasteiger partial charge is 0.308 e. The first-order chi connectivity index (χ1) is 8.00. The molecule has 0 saturated carbocycles. The summed E-state index contributed by atoms with van der Waals surface area (Å²) < 4.78 is 5.03. The molecule has 0 aliphatic heterocycles. The quantitative estimate of drug-likeness (QED) is 0.634. The van der Waals surface area contributed by atoms with Crippen LogP contribution in [0.4, 0.5) is 0 Å². The van der Waals surface area contributed by atoms with Crippen molar-refractivity contribution in [2.45, 2.75) is 6.92 Å².